The Morgan fingerprint density at radius 3 is 2.61 bits per heavy atom. The Labute approximate surface area is 182 Å². The number of hydrogen-bond donors (Lipinski definition) is 0. The fourth-order valence-electron chi connectivity index (χ4n) is 4.90. The van der Waals surface area contributed by atoms with Crippen LogP contribution in [0, 0.1) is 11.7 Å². The number of halogens is 1. The molecule has 0 unspecified atom stereocenters. The van der Waals surface area contributed by atoms with E-state index in [9.17, 15) is 9.18 Å². The summed E-state index contributed by atoms with van der Waals surface area (Å²) in [5, 5.41) is 4.73. The Kier molecular flexibility index (Phi) is 5.58. The van der Waals surface area contributed by atoms with Gasteiger partial charge in [0.05, 0.1) is 18.8 Å². The van der Waals surface area contributed by atoms with E-state index >= 15 is 0 Å². The first-order valence-corrected chi connectivity index (χ1v) is 11.3. The van der Waals surface area contributed by atoms with Crippen LogP contribution in [-0.4, -0.2) is 15.6 Å². The van der Waals surface area contributed by atoms with Crippen molar-refractivity contribution in [1.82, 2.24) is 9.78 Å². The minimum atomic E-state index is -0.221. The topological polar surface area (TPSA) is 38.1 Å². The molecule has 0 amide bonds. The Bertz CT molecular complexity index is 1040. The lowest BCUT2D eigenvalue weighted by atomic mass is 9.85. The molecule has 0 N–H and O–H groups in total. The normalized spacial score (nSPS) is 16.5. The first kappa shape index (κ1) is 20.0. The molecule has 5 rings (SSSR count). The number of nitrogens with zero attached hydrogens (tertiary/aromatic N) is 3. The zero-order chi connectivity index (χ0) is 21.2. The average Bonchev–Trinajstić information content (AvgIpc) is 3.35. The molecule has 2 aromatic carbocycles. The van der Waals surface area contributed by atoms with E-state index in [4.69, 9.17) is 5.10 Å². The van der Waals surface area contributed by atoms with Gasteiger partial charge >= 0.3 is 0 Å². The number of ketones is 1. The van der Waals surface area contributed by atoms with Crippen LogP contribution in [0.5, 0.6) is 0 Å². The minimum absolute atomic E-state index is 0.221. The molecule has 160 valence electrons. The SMILES string of the molecule is O=C(CC1CCCCC1)c1cccc(N2Cc3cn(Cc4ccc(F)cc4)nc3C2)c1. The van der Waals surface area contributed by atoms with Gasteiger partial charge in [-0.3, -0.25) is 9.48 Å². The summed E-state index contributed by atoms with van der Waals surface area (Å²) < 4.78 is 15.0. The quantitative estimate of drug-likeness (QED) is 0.480. The van der Waals surface area contributed by atoms with E-state index in [1.165, 1.54) is 49.8 Å². The van der Waals surface area contributed by atoms with E-state index in [0.29, 0.717) is 18.9 Å². The molecule has 1 aromatic heterocycles. The van der Waals surface area contributed by atoms with Crippen molar-refractivity contribution in [3.63, 3.8) is 0 Å². The average molecular weight is 418 g/mol. The maximum Gasteiger partial charge on any atom is 0.163 e. The molecule has 5 heteroatoms. The van der Waals surface area contributed by atoms with Gasteiger partial charge in [-0.1, -0.05) is 56.4 Å². The third-order valence-corrected chi connectivity index (χ3v) is 6.62. The van der Waals surface area contributed by atoms with Gasteiger partial charge in [0.25, 0.3) is 0 Å². The van der Waals surface area contributed by atoms with Crippen molar-refractivity contribution in [3.05, 3.63) is 82.9 Å². The van der Waals surface area contributed by atoms with Gasteiger partial charge in [-0.05, 0) is 35.7 Å². The maximum absolute atomic E-state index is 13.1. The van der Waals surface area contributed by atoms with Crippen molar-refractivity contribution in [3.8, 4) is 0 Å². The molecular weight excluding hydrogens is 389 g/mol. The number of benzene rings is 2. The fraction of sp³-hybridized carbons (Fsp3) is 0.385. The summed E-state index contributed by atoms with van der Waals surface area (Å²) in [6, 6.07) is 14.6. The highest BCUT2D eigenvalue weighted by atomic mass is 19.1. The summed E-state index contributed by atoms with van der Waals surface area (Å²) in [5.41, 5.74) is 5.22. The van der Waals surface area contributed by atoms with Gasteiger partial charge in [-0.2, -0.15) is 5.10 Å². The smallest absolute Gasteiger partial charge is 0.163 e. The number of rotatable bonds is 6. The van der Waals surface area contributed by atoms with Crippen LogP contribution < -0.4 is 4.90 Å². The number of anilines is 1. The number of carbonyl (C=O) groups excluding carboxylic acids is 1. The summed E-state index contributed by atoms with van der Waals surface area (Å²) >= 11 is 0. The van der Waals surface area contributed by atoms with Crippen LogP contribution in [0.4, 0.5) is 10.1 Å². The number of fused-ring (bicyclic) bond motifs is 1. The van der Waals surface area contributed by atoms with Crippen LogP contribution >= 0.6 is 0 Å². The van der Waals surface area contributed by atoms with E-state index in [2.05, 4.69) is 17.2 Å². The van der Waals surface area contributed by atoms with Crippen molar-refractivity contribution >= 4 is 11.5 Å². The number of aromatic nitrogens is 2. The molecule has 0 atom stereocenters. The summed E-state index contributed by atoms with van der Waals surface area (Å²) in [6.45, 7) is 2.17. The van der Waals surface area contributed by atoms with Gasteiger partial charge in [0.15, 0.2) is 5.78 Å². The maximum atomic E-state index is 13.1. The van der Waals surface area contributed by atoms with Gasteiger partial charge < -0.3 is 4.90 Å². The lowest BCUT2D eigenvalue weighted by Gasteiger charge is -2.21. The molecule has 0 saturated heterocycles. The van der Waals surface area contributed by atoms with Crippen LogP contribution in [0.1, 0.15) is 65.7 Å². The molecule has 1 saturated carbocycles. The van der Waals surface area contributed by atoms with E-state index in [-0.39, 0.29) is 11.6 Å². The van der Waals surface area contributed by atoms with Gasteiger partial charge in [0, 0.05) is 36.0 Å². The van der Waals surface area contributed by atoms with E-state index < -0.39 is 0 Å². The van der Waals surface area contributed by atoms with Gasteiger partial charge in [0.1, 0.15) is 5.82 Å². The number of hydrogen-bond acceptors (Lipinski definition) is 3. The predicted molar refractivity (Wildman–Crippen MR) is 120 cm³/mol. The molecule has 0 radical (unpaired) electrons. The Hall–Kier alpha value is -2.95. The van der Waals surface area contributed by atoms with E-state index in [1.807, 2.05) is 22.9 Å². The second-order valence-corrected chi connectivity index (χ2v) is 8.96. The zero-order valence-corrected chi connectivity index (χ0v) is 17.8. The lowest BCUT2D eigenvalue weighted by Crippen LogP contribution is -2.17. The molecule has 0 spiro atoms. The van der Waals surface area contributed by atoms with Crippen molar-refractivity contribution in [2.24, 2.45) is 5.92 Å². The fourth-order valence-corrected chi connectivity index (χ4v) is 4.90. The second kappa shape index (κ2) is 8.66. The molecule has 31 heavy (non-hydrogen) atoms. The van der Waals surface area contributed by atoms with Crippen LogP contribution in [0.3, 0.4) is 0 Å². The van der Waals surface area contributed by atoms with Crippen LogP contribution in [0.2, 0.25) is 0 Å². The number of carbonyl (C=O) groups is 1. The molecule has 4 nitrogen and oxygen atoms in total. The summed E-state index contributed by atoms with van der Waals surface area (Å²) in [4.78, 5) is 15.1. The highest BCUT2D eigenvalue weighted by Gasteiger charge is 2.24. The summed E-state index contributed by atoms with van der Waals surface area (Å²) in [7, 11) is 0. The molecule has 1 aliphatic heterocycles. The Morgan fingerprint density at radius 2 is 1.84 bits per heavy atom. The Morgan fingerprint density at radius 1 is 1.03 bits per heavy atom. The molecule has 3 aromatic rings. The Balaban J connectivity index is 1.23. The molecule has 1 fully saturated rings. The zero-order valence-electron chi connectivity index (χ0n) is 17.8. The third kappa shape index (κ3) is 4.55. The van der Waals surface area contributed by atoms with E-state index in [0.717, 1.165) is 35.6 Å². The molecular formula is C26H28FN3O. The monoisotopic (exact) mass is 417 g/mol. The molecule has 2 heterocycles. The minimum Gasteiger partial charge on any atom is -0.361 e. The molecule has 0 bridgehead atoms. The molecule has 1 aliphatic carbocycles. The summed E-state index contributed by atoms with van der Waals surface area (Å²) in [5.74, 6) is 0.611. The van der Waals surface area contributed by atoms with E-state index in [1.54, 1.807) is 12.1 Å². The van der Waals surface area contributed by atoms with Gasteiger partial charge in [-0.15, -0.1) is 0 Å². The first-order chi connectivity index (χ1) is 15.1. The third-order valence-electron chi connectivity index (χ3n) is 6.62. The lowest BCUT2D eigenvalue weighted by molar-refractivity contribution is 0.0950. The summed E-state index contributed by atoms with van der Waals surface area (Å²) in [6.07, 6.45) is 8.99. The second-order valence-electron chi connectivity index (χ2n) is 8.96. The first-order valence-electron chi connectivity index (χ1n) is 11.3. The van der Waals surface area contributed by atoms with Crippen LogP contribution in [0.25, 0.3) is 0 Å². The van der Waals surface area contributed by atoms with Crippen molar-refractivity contribution < 1.29 is 9.18 Å². The highest BCUT2D eigenvalue weighted by Crippen LogP contribution is 2.30. The van der Waals surface area contributed by atoms with Gasteiger partial charge in [0.2, 0.25) is 0 Å². The van der Waals surface area contributed by atoms with Crippen LogP contribution in [-0.2, 0) is 19.6 Å². The largest absolute Gasteiger partial charge is 0.361 e. The van der Waals surface area contributed by atoms with Crippen molar-refractivity contribution in [2.75, 3.05) is 4.90 Å². The van der Waals surface area contributed by atoms with Crippen molar-refractivity contribution in [1.29, 1.82) is 0 Å². The van der Waals surface area contributed by atoms with Gasteiger partial charge in [-0.25, -0.2) is 4.39 Å². The highest BCUT2D eigenvalue weighted by molar-refractivity contribution is 5.97. The predicted octanol–water partition coefficient (Wildman–Crippen LogP) is 5.74. The number of Topliss-reactive ketones (excluding diaryl/α,β-unsaturated/α-hetero) is 1. The van der Waals surface area contributed by atoms with Crippen LogP contribution in [0.15, 0.2) is 54.7 Å². The standard InChI is InChI=1S/C26H28FN3O/c27-23-11-9-20(10-12-23)15-30-17-22-16-29(18-25(22)28-30)24-8-4-7-21(14-24)26(31)13-19-5-2-1-3-6-19/h4,7-12,14,17,19H,1-3,5-6,13,15-16,18H2. The molecule has 2 aliphatic rings. The van der Waals surface area contributed by atoms with Crippen molar-refractivity contribution in [2.45, 2.75) is 58.2 Å².